The lowest BCUT2D eigenvalue weighted by Crippen LogP contribution is -2.06. The Morgan fingerprint density at radius 1 is 1.13 bits per heavy atom. The second kappa shape index (κ2) is 5.61. The SMILES string of the molecule is Cc1ccc(O)c(C2=NOC(c3ccc(C(F)(F)F)cc3)C2)c1. The standard InChI is InChI=1S/C17H14F3NO2/c1-10-2-7-15(22)13(8-10)14-9-16(23-21-14)11-3-5-12(6-4-11)17(18,19)20/h2-8,16,22H,9H2,1H3. The number of benzene rings is 2. The number of aromatic hydroxyl groups is 1. The maximum Gasteiger partial charge on any atom is 0.416 e. The normalized spacial score (nSPS) is 17.7. The van der Waals surface area contributed by atoms with Crippen LogP contribution in [0.1, 0.15) is 34.8 Å². The zero-order chi connectivity index (χ0) is 16.6. The van der Waals surface area contributed by atoms with Crippen LogP contribution in [0.25, 0.3) is 0 Å². The fourth-order valence-corrected chi connectivity index (χ4v) is 2.48. The van der Waals surface area contributed by atoms with Crippen molar-refractivity contribution in [1.82, 2.24) is 0 Å². The van der Waals surface area contributed by atoms with Crippen molar-refractivity contribution in [2.75, 3.05) is 0 Å². The van der Waals surface area contributed by atoms with Crippen LogP contribution in [0.15, 0.2) is 47.6 Å². The minimum atomic E-state index is -4.36. The van der Waals surface area contributed by atoms with Gasteiger partial charge >= 0.3 is 6.18 Å². The van der Waals surface area contributed by atoms with Crippen LogP contribution < -0.4 is 0 Å². The van der Waals surface area contributed by atoms with Crippen LogP contribution >= 0.6 is 0 Å². The molecule has 0 saturated carbocycles. The first kappa shape index (κ1) is 15.4. The van der Waals surface area contributed by atoms with Gasteiger partial charge in [-0.2, -0.15) is 13.2 Å². The van der Waals surface area contributed by atoms with E-state index in [1.54, 1.807) is 18.2 Å². The predicted molar refractivity (Wildman–Crippen MR) is 79.3 cm³/mol. The minimum absolute atomic E-state index is 0.103. The molecule has 3 rings (SSSR count). The van der Waals surface area contributed by atoms with Crippen molar-refractivity contribution in [2.24, 2.45) is 5.16 Å². The van der Waals surface area contributed by atoms with Gasteiger partial charge < -0.3 is 9.94 Å². The van der Waals surface area contributed by atoms with Crippen LogP contribution in [-0.2, 0) is 11.0 Å². The Bertz CT molecular complexity index is 751. The van der Waals surface area contributed by atoms with Gasteiger partial charge in [0.15, 0.2) is 6.10 Å². The lowest BCUT2D eigenvalue weighted by molar-refractivity contribution is -0.137. The van der Waals surface area contributed by atoms with E-state index in [0.717, 1.165) is 17.7 Å². The van der Waals surface area contributed by atoms with Crippen LogP contribution in [0.2, 0.25) is 0 Å². The summed E-state index contributed by atoms with van der Waals surface area (Å²) in [6.07, 6.45) is -4.42. The van der Waals surface area contributed by atoms with E-state index in [-0.39, 0.29) is 5.75 Å². The van der Waals surface area contributed by atoms with Gasteiger partial charge in [-0.3, -0.25) is 0 Å². The summed E-state index contributed by atoms with van der Waals surface area (Å²) in [6, 6.07) is 10.00. The maximum atomic E-state index is 12.6. The first-order chi connectivity index (χ1) is 10.8. The molecular weight excluding hydrogens is 307 g/mol. The van der Waals surface area contributed by atoms with E-state index in [1.807, 2.05) is 6.92 Å². The quantitative estimate of drug-likeness (QED) is 0.879. The van der Waals surface area contributed by atoms with Crippen molar-refractivity contribution < 1.29 is 23.1 Å². The molecule has 1 atom stereocenters. The van der Waals surface area contributed by atoms with Crippen molar-refractivity contribution in [2.45, 2.75) is 25.6 Å². The van der Waals surface area contributed by atoms with Crippen LogP contribution in [0.3, 0.4) is 0 Å². The van der Waals surface area contributed by atoms with E-state index in [1.165, 1.54) is 12.1 Å². The maximum absolute atomic E-state index is 12.6. The third-order valence-corrected chi connectivity index (χ3v) is 3.74. The Morgan fingerprint density at radius 2 is 1.83 bits per heavy atom. The molecule has 6 heteroatoms. The first-order valence-electron chi connectivity index (χ1n) is 7.04. The molecule has 1 N–H and O–H groups in total. The van der Waals surface area contributed by atoms with Gasteiger partial charge in [-0.15, -0.1) is 0 Å². The molecule has 0 saturated heterocycles. The molecule has 1 aliphatic rings. The van der Waals surface area contributed by atoms with E-state index >= 15 is 0 Å². The zero-order valence-corrected chi connectivity index (χ0v) is 12.3. The highest BCUT2D eigenvalue weighted by molar-refractivity contribution is 6.03. The van der Waals surface area contributed by atoms with Crippen molar-refractivity contribution in [3.05, 3.63) is 64.7 Å². The number of phenolic OH excluding ortho intramolecular Hbond substituents is 1. The number of hydrogen-bond acceptors (Lipinski definition) is 3. The van der Waals surface area contributed by atoms with Crippen molar-refractivity contribution in [1.29, 1.82) is 0 Å². The number of aryl methyl sites for hydroxylation is 1. The van der Waals surface area contributed by atoms with Crippen LogP contribution in [0.4, 0.5) is 13.2 Å². The summed E-state index contributed by atoms with van der Waals surface area (Å²) < 4.78 is 37.7. The number of hydrogen-bond donors (Lipinski definition) is 1. The van der Waals surface area contributed by atoms with Crippen molar-refractivity contribution >= 4 is 5.71 Å². The Kier molecular flexibility index (Phi) is 3.75. The molecule has 2 aromatic rings. The van der Waals surface area contributed by atoms with Crippen LogP contribution in [0, 0.1) is 6.92 Å². The third-order valence-electron chi connectivity index (χ3n) is 3.74. The van der Waals surface area contributed by atoms with Gasteiger partial charge in [-0.1, -0.05) is 28.9 Å². The van der Waals surface area contributed by atoms with E-state index < -0.39 is 17.8 Å². The molecule has 1 unspecified atom stereocenters. The van der Waals surface area contributed by atoms with Crippen LogP contribution in [0.5, 0.6) is 5.75 Å². The van der Waals surface area contributed by atoms with E-state index in [2.05, 4.69) is 5.16 Å². The number of alkyl halides is 3. The molecule has 120 valence electrons. The molecule has 2 aromatic carbocycles. The summed E-state index contributed by atoms with van der Waals surface area (Å²) in [5.74, 6) is 0.103. The van der Waals surface area contributed by atoms with Gasteiger partial charge in [-0.05, 0) is 36.8 Å². The molecule has 0 radical (unpaired) electrons. The van der Waals surface area contributed by atoms with Crippen molar-refractivity contribution in [3.63, 3.8) is 0 Å². The molecule has 1 aliphatic heterocycles. The van der Waals surface area contributed by atoms with Gasteiger partial charge in [-0.25, -0.2) is 0 Å². The minimum Gasteiger partial charge on any atom is -0.507 e. The zero-order valence-electron chi connectivity index (χ0n) is 12.3. The fourth-order valence-electron chi connectivity index (χ4n) is 2.48. The molecule has 3 nitrogen and oxygen atoms in total. The molecular formula is C17H14F3NO2. The second-order valence-corrected chi connectivity index (χ2v) is 5.48. The highest BCUT2D eigenvalue weighted by Gasteiger charge is 2.31. The van der Waals surface area contributed by atoms with Crippen LogP contribution in [-0.4, -0.2) is 10.8 Å². The number of rotatable bonds is 2. The lowest BCUT2D eigenvalue weighted by atomic mass is 9.98. The predicted octanol–water partition coefficient (Wildman–Crippen LogP) is 4.59. The van der Waals surface area contributed by atoms with E-state index in [0.29, 0.717) is 23.3 Å². The molecule has 0 aromatic heterocycles. The Hall–Kier alpha value is -2.50. The first-order valence-corrected chi connectivity index (χ1v) is 7.04. The number of oxime groups is 1. The molecule has 1 heterocycles. The molecule has 0 spiro atoms. The largest absolute Gasteiger partial charge is 0.507 e. The summed E-state index contributed by atoms with van der Waals surface area (Å²) in [7, 11) is 0. The average Bonchev–Trinajstić information content (AvgIpc) is 2.99. The van der Waals surface area contributed by atoms with E-state index in [9.17, 15) is 18.3 Å². The Balaban J connectivity index is 1.78. The molecule has 0 bridgehead atoms. The molecule has 0 aliphatic carbocycles. The highest BCUT2D eigenvalue weighted by Crippen LogP contribution is 2.34. The fraction of sp³-hybridized carbons (Fsp3) is 0.235. The van der Waals surface area contributed by atoms with E-state index in [4.69, 9.17) is 4.84 Å². The molecule has 0 amide bonds. The molecule has 23 heavy (non-hydrogen) atoms. The van der Waals surface area contributed by atoms with Gasteiger partial charge in [0.1, 0.15) is 5.75 Å². The number of nitrogens with zero attached hydrogens (tertiary/aromatic N) is 1. The van der Waals surface area contributed by atoms with Gasteiger partial charge in [0.25, 0.3) is 0 Å². The topological polar surface area (TPSA) is 41.8 Å². The lowest BCUT2D eigenvalue weighted by Gasteiger charge is -2.11. The highest BCUT2D eigenvalue weighted by atomic mass is 19.4. The second-order valence-electron chi connectivity index (χ2n) is 5.48. The molecule has 0 fully saturated rings. The van der Waals surface area contributed by atoms with Gasteiger partial charge in [0, 0.05) is 12.0 Å². The van der Waals surface area contributed by atoms with Crippen molar-refractivity contribution in [3.8, 4) is 5.75 Å². The Morgan fingerprint density at radius 3 is 2.48 bits per heavy atom. The van der Waals surface area contributed by atoms with Gasteiger partial charge in [0.05, 0.1) is 11.3 Å². The number of phenols is 1. The Labute approximate surface area is 131 Å². The third kappa shape index (κ3) is 3.16. The smallest absolute Gasteiger partial charge is 0.416 e. The summed E-state index contributed by atoms with van der Waals surface area (Å²) in [5, 5.41) is 13.9. The summed E-state index contributed by atoms with van der Waals surface area (Å²) in [6.45, 7) is 1.90. The summed E-state index contributed by atoms with van der Waals surface area (Å²) in [4.78, 5) is 5.32. The summed E-state index contributed by atoms with van der Waals surface area (Å²) in [5.41, 5.74) is 2.05. The van der Waals surface area contributed by atoms with Gasteiger partial charge in [0.2, 0.25) is 0 Å². The number of halogens is 3. The average molecular weight is 321 g/mol. The monoisotopic (exact) mass is 321 g/mol. The summed E-state index contributed by atoms with van der Waals surface area (Å²) >= 11 is 0.